The standard InChI is InChI=1S/C18H31N3O/c1-15-13-21(17-7-4-3-5-8-17)14-18(15)20-10-6-9-19(11-12-20)16(2)22/h4,7,15,17-18H,3,5-6,8-14H2,1-2H3. The summed E-state index contributed by atoms with van der Waals surface area (Å²) in [5.74, 6) is 0.967. The first-order chi connectivity index (χ1) is 10.6. The molecule has 4 nitrogen and oxygen atoms in total. The van der Waals surface area contributed by atoms with Crippen LogP contribution in [-0.4, -0.2) is 72.0 Å². The van der Waals surface area contributed by atoms with E-state index in [1.54, 1.807) is 6.92 Å². The smallest absolute Gasteiger partial charge is 0.219 e. The summed E-state index contributed by atoms with van der Waals surface area (Å²) < 4.78 is 0. The maximum Gasteiger partial charge on any atom is 0.219 e. The lowest BCUT2D eigenvalue weighted by Gasteiger charge is -2.31. The van der Waals surface area contributed by atoms with E-state index >= 15 is 0 Å². The van der Waals surface area contributed by atoms with Gasteiger partial charge in [-0.15, -0.1) is 0 Å². The van der Waals surface area contributed by atoms with Gasteiger partial charge in [0.2, 0.25) is 5.91 Å². The first-order valence-corrected chi connectivity index (χ1v) is 9.05. The fourth-order valence-corrected chi connectivity index (χ4v) is 4.42. The van der Waals surface area contributed by atoms with Gasteiger partial charge >= 0.3 is 0 Å². The van der Waals surface area contributed by atoms with E-state index in [1.165, 1.54) is 32.4 Å². The largest absolute Gasteiger partial charge is 0.342 e. The van der Waals surface area contributed by atoms with Crippen molar-refractivity contribution in [3.8, 4) is 0 Å². The van der Waals surface area contributed by atoms with Gasteiger partial charge in [0.1, 0.15) is 0 Å². The van der Waals surface area contributed by atoms with Gasteiger partial charge in [-0.05, 0) is 31.6 Å². The number of allylic oxidation sites excluding steroid dienone is 1. The third kappa shape index (κ3) is 3.54. The number of hydrogen-bond acceptors (Lipinski definition) is 3. The van der Waals surface area contributed by atoms with Crippen molar-refractivity contribution in [2.75, 3.05) is 39.3 Å². The van der Waals surface area contributed by atoms with Crippen LogP contribution in [0.2, 0.25) is 0 Å². The molecule has 2 heterocycles. The molecule has 22 heavy (non-hydrogen) atoms. The highest BCUT2D eigenvalue weighted by Crippen LogP contribution is 2.28. The summed E-state index contributed by atoms with van der Waals surface area (Å²) in [6.45, 7) is 10.6. The number of carbonyl (C=O) groups is 1. The highest BCUT2D eigenvalue weighted by Gasteiger charge is 2.36. The topological polar surface area (TPSA) is 26.8 Å². The molecule has 1 aliphatic carbocycles. The molecule has 0 aromatic carbocycles. The molecule has 0 aromatic rings. The van der Waals surface area contributed by atoms with Crippen molar-refractivity contribution in [2.45, 2.75) is 51.6 Å². The second-order valence-corrected chi connectivity index (χ2v) is 7.32. The Balaban J connectivity index is 1.58. The zero-order chi connectivity index (χ0) is 15.5. The first kappa shape index (κ1) is 16.0. The highest BCUT2D eigenvalue weighted by molar-refractivity contribution is 5.73. The molecule has 1 amide bonds. The van der Waals surface area contributed by atoms with Crippen molar-refractivity contribution < 1.29 is 4.79 Å². The Bertz CT molecular complexity index is 423. The van der Waals surface area contributed by atoms with E-state index in [0.29, 0.717) is 12.1 Å². The van der Waals surface area contributed by atoms with Gasteiger partial charge in [0.15, 0.2) is 0 Å². The molecule has 0 saturated carbocycles. The Labute approximate surface area is 135 Å². The number of hydrogen-bond donors (Lipinski definition) is 0. The molecule has 0 N–H and O–H groups in total. The molecule has 0 radical (unpaired) electrons. The van der Waals surface area contributed by atoms with Crippen LogP contribution in [0.4, 0.5) is 0 Å². The van der Waals surface area contributed by atoms with Crippen LogP contribution in [0.3, 0.4) is 0 Å². The molecule has 0 spiro atoms. The summed E-state index contributed by atoms with van der Waals surface area (Å²) >= 11 is 0. The summed E-state index contributed by atoms with van der Waals surface area (Å²) in [5, 5.41) is 0. The van der Waals surface area contributed by atoms with Crippen LogP contribution >= 0.6 is 0 Å². The maximum absolute atomic E-state index is 11.6. The summed E-state index contributed by atoms with van der Waals surface area (Å²) in [6, 6.07) is 1.34. The molecule has 2 saturated heterocycles. The zero-order valence-electron chi connectivity index (χ0n) is 14.2. The zero-order valence-corrected chi connectivity index (χ0v) is 14.2. The number of nitrogens with zero attached hydrogens (tertiary/aromatic N) is 3. The van der Waals surface area contributed by atoms with Crippen LogP contribution in [0.25, 0.3) is 0 Å². The maximum atomic E-state index is 11.6. The van der Waals surface area contributed by atoms with Crippen LogP contribution in [-0.2, 0) is 4.79 Å². The van der Waals surface area contributed by atoms with Crippen LogP contribution in [0.15, 0.2) is 12.2 Å². The van der Waals surface area contributed by atoms with E-state index < -0.39 is 0 Å². The molecular weight excluding hydrogens is 274 g/mol. The lowest BCUT2D eigenvalue weighted by molar-refractivity contribution is -0.128. The fraction of sp³-hybridized carbons (Fsp3) is 0.833. The molecule has 0 bridgehead atoms. The Kier molecular flexibility index (Phi) is 5.19. The molecule has 3 unspecified atom stereocenters. The van der Waals surface area contributed by atoms with E-state index in [4.69, 9.17) is 0 Å². The van der Waals surface area contributed by atoms with Crippen molar-refractivity contribution in [1.29, 1.82) is 0 Å². The summed E-state index contributed by atoms with van der Waals surface area (Å²) in [6.07, 6.45) is 9.84. The van der Waals surface area contributed by atoms with Gasteiger partial charge in [-0.2, -0.15) is 0 Å². The van der Waals surface area contributed by atoms with E-state index in [0.717, 1.165) is 38.5 Å². The van der Waals surface area contributed by atoms with Crippen molar-refractivity contribution >= 4 is 5.91 Å². The van der Waals surface area contributed by atoms with E-state index in [2.05, 4.69) is 28.9 Å². The Morgan fingerprint density at radius 3 is 2.64 bits per heavy atom. The average molecular weight is 305 g/mol. The van der Waals surface area contributed by atoms with Gasteiger partial charge in [0.25, 0.3) is 0 Å². The molecule has 4 heteroatoms. The normalized spacial score (nSPS) is 34.8. The quantitative estimate of drug-likeness (QED) is 0.730. The average Bonchev–Trinajstić information content (AvgIpc) is 2.75. The molecule has 3 rings (SSSR count). The summed E-state index contributed by atoms with van der Waals surface area (Å²) in [7, 11) is 0. The number of likely N-dealkylation sites (tertiary alicyclic amines) is 1. The second kappa shape index (κ2) is 7.14. The predicted molar refractivity (Wildman–Crippen MR) is 89.7 cm³/mol. The van der Waals surface area contributed by atoms with Gasteiger partial charge in [-0.3, -0.25) is 14.6 Å². The van der Waals surface area contributed by atoms with Crippen molar-refractivity contribution in [3.63, 3.8) is 0 Å². The van der Waals surface area contributed by atoms with Crippen molar-refractivity contribution in [3.05, 3.63) is 12.2 Å². The van der Waals surface area contributed by atoms with Crippen molar-refractivity contribution in [1.82, 2.24) is 14.7 Å². The van der Waals surface area contributed by atoms with Gasteiger partial charge in [0.05, 0.1) is 0 Å². The number of rotatable bonds is 2. The number of carbonyl (C=O) groups excluding carboxylic acids is 1. The molecule has 2 aliphatic heterocycles. The fourth-order valence-electron chi connectivity index (χ4n) is 4.42. The summed E-state index contributed by atoms with van der Waals surface area (Å²) in [4.78, 5) is 19.0. The monoisotopic (exact) mass is 305 g/mol. The Morgan fingerprint density at radius 2 is 1.91 bits per heavy atom. The third-order valence-corrected chi connectivity index (χ3v) is 5.74. The Morgan fingerprint density at radius 1 is 1.05 bits per heavy atom. The molecule has 124 valence electrons. The molecule has 3 aliphatic rings. The van der Waals surface area contributed by atoms with E-state index in [9.17, 15) is 4.79 Å². The van der Waals surface area contributed by atoms with Gasteiger partial charge in [-0.1, -0.05) is 19.1 Å². The first-order valence-electron chi connectivity index (χ1n) is 9.05. The SMILES string of the molecule is CC(=O)N1CCCN(C2CN(C3C=CCCC3)CC2C)CC1. The highest BCUT2D eigenvalue weighted by atomic mass is 16.2. The predicted octanol–water partition coefficient (Wildman–Crippen LogP) is 1.97. The van der Waals surface area contributed by atoms with Gasteiger partial charge in [0, 0.05) is 58.3 Å². The van der Waals surface area contributed by atoms with E-state index in [-0.39, 0.29) is 5.91 Å². The minimum absolute atomic E-state index is 0.232. The molecular formula is C18H31N3O. The van der Waals surface area contributed by atoms with E-state index in [1.807, 2.05) is 4.90 Å². The van der Waals surface area contributed by atoms with Crippen LogP contribution in [0.1, 0.15) is 39.5 Å². The third-order valence-electron chi connectivity index (χ3n) is 5.74. The van der Waals surface area contributed by atoms with Crippen LogP contribution in [0.5, 0.6) is 0 Å². The van der Waals surface area contributed by atoms with Gasteiger partial charge < -0.3 is 4.90 Å². The molecule has 3 atom stereocenters. The van der Waals surface area contributed by atoms with Gasteiger partial charge in [-0.25, -0.2) is 0 Å². The Hall–Kier alpha value is -0.870. The minimum Gasteiger partial charge on any atom is -0.342 e. The summed E-state index contributed by atoms with van der Waals surface area (Å²) in [5.41, 5.74) is 0. The molecule has 2 fully saturated rings. The lowest BCUT2D eigenvalue weighted by atomic mass is 10.0. The van der Waals surface area contributed by atoms with Crippen LogP contribution in [0, 0.1) is 5.92 Å². The van der Waals surface area contributed by atoms with Crippen molar-refractivity contribution in [2.24, 2.45) is 5.92 Å². The lowest BCUT2D eigenvalue weighted by Crippen LogP contribution is -2.43. The molecule has 0 aromatic heterocycles. The number of amides is 1. The minimum atomic E-state index is 0.232. The second-order valence-electron chi connectivity index (χ2n) is 7.32. The van der Waals surface area contributed by atoms with Crippen LogP contribution < -0.4 is 0 Å².